The molecule has 9 heteroatoms. The molecule has 3 rings (SSSR count). The molecule has 0 bridgehead atoms. The van der Waals surface area contributed by atoms with E-state index >= 15 is 0 Å². The molecule has 0 radical (unpaired) electrons. The van der Waals surface area contributed by atoms with E-state index in [2.05, 4.69) is 9.97 Å². The minimum atomic E-state index is -0.135. The van der Waals surface area contributed by atoms with Crippen molar-refractivity contribution in [3.8, 4) is 0 Å². The number of amides is 3. The fourth-order valence-corrected chi connectivity index (χ4v) is 3.02. The maximum absolute atomic E-state index is 12.7. The van der Waals surface area contributed by atoms with Gasteiger partial charge in [-0.2, -0.15) is 0 Å². The Morgan fingerprint density at radius 3 is 2.04 bits per heavy atom. The van der Waals surface area contributed by atoms with Gasteiger partial charge in [-0.3, -0.25) is 14.4 Å². The predicted molar refractivity (Wildman–Crippen MR) is 90.2 cm³/mol. The monoisotopic (exact) mass is 346 g/mol. The number of carbonyl (C=O) groups excluding carboxylic acids is 3. The van der Waals surface area contributed by atoms with Crippen molar-refractivity contribution in [3.05, 3.63) is 17.5 Å². The molecule has 2 aliphatic rings. The zero-order valence-corrected chi connectivity index (χ0v) is 14.3. The van der Waals surface area contributed by atoms with Crippen LogP contribution in [0.25, 0.3) is 0 Å². The van der Waals surface area contributed by atoms with Gasteiger partial charge in [0.2, 0.25) is 18.8 Å². The van der Waals surface area contributed by atoms with Crippen molar-refractivity contribution in [3.63, 3.8) is 0 Å². The summed E-state index contributed by atoms with van der Waals surface area (Å²) in [6.07, 6.45) is 1.66. The number of anilines is 1. The van der Waals surface area contributed by atoms with Crippen molar-refractivity contribution >= 4 is 24.7 Å². The molecular formula is C16H22N6O3. The van der Waals surface area contributed by atoms with Crippen LogP contribution in [0.4, 0.5) is 5.95 Å². The average molecular weight is 346 g/mol. The number of piperazine rings is 2. The lowest BCUT2D eigenvalue weighted by Crippen LogP contribution is -2.48. The lowest BCUT2D eigenvalue weighted by molar-refractivity contribution is -0.119. The maximum Gasteiger partial charge on any atom is 0.272 e. The zero-order valence-electron chi connectivity index (χ0n) is 14.3. The highest BCUT2D eigenvalue weighted by atomic mass is 16.2. The Labute approximate surface area is 146 Å². The number of carbonyl (C=O) groups is 3. The number of rotatable bonds is 4. The maximum atomic E-state index is 12.7. The molecule has 0 aliphatic carbocycles. The third kappa shape index (κ3) is 3.86. The Hall–Kier alpha value is -2.71. The van der Waals surface area contributed by atoms with Crippen LogP contribution in [0.15, 0.2) is 6.07 Å². The highest BCUT2D eigenvalue weighted by molar-refractivity contribution is 5.92. The van der Waals surface area contributed by atoms with Crippen molar-refractivity contribution < 1.29 is 14.4 Å². The van der Waals surface area contributed by atoms with Gasteiger partial charge in [-0.05, 0) is 13.0 Å². The van der Waals surface area contributed by atoms with Gasteiger partial charge in [0, 0.05) is 58.1 Å². The van der Waals surface area contributed by atoms with Gasteiger partial charge < -0.3 is 19.6 Å². The van der Waals surface area contributed by atoms with E-state index in [4.69, 9.17) is 0 Å². The molecule has 2 saturated heterocycles. The molecule has 3 heterocycles. The van der Waals surface area contributed by atoms with Crippen LogP contribution in [0.2, 0.25) is 0 Å². The van der Waals surface area contributed by atoms with Crippen molar-refractivity contribution in [1.82, 2.24) is 24.7 Å². The second-order valence-corrected chi connectivity index (χ2v) is 6.26. The largest absolute Gasteiger partial charge is 0.342 e. The zero-order chi connectivity index (χ0) is 17.8. The number of aryl methyl sites for hydroxylation is 1. The SMILES string of the molecule is Cc1cc(C(=O)N2CCN(C=O)CC2)nc(N2CCN(C=O)CC2)n1. The van der Waals surface area contributed by atoms with E-state index in [1.54, 1.807) is 20.8 Å². The van der Waals surface area contributed by atoms with E-state index < -0.39 is 0 Å². The van der Waals surface area contributed by atoms with E-state index in [1.807, 2.05) is 11.8 Å². The molecule has 0 spiro atoms. The molecule has 0 N–H and O–H groups in total. The number of nitrogens with zero attached hydrogens (tertiary/aromatic N) is 6. The topological polar surface area (TPSA) is 90.0 Å². The van der Waals surface area contributed by atoms with Crippen LogP contribution in [-0.2, 0) is 9.59 Å². The van der Waals surface area contributed by atoms with E-state index in [1.165, 1.54) is 0 Å². The Bertz CT molecular complexity index is 651. The van der Waals surface area contributed by atoms with Crippen molar-refractivity contribution in [2.24, 2.45) is 0 Å². The smallest absolute Gasteiger partial charge is 0.272 e. The van der Waals surface area contributed by atoms with Crippen molar-refractivity contribution in [1.29, 1.82) is 0 Å². The minimum Gasteiger partial charge on any atom is -0.342 e. The van der Waals surface area contributed by atoms with Gasteiger partial charge in [-0.15, -0.1) is 0 Å². The van der Waals surface area contributed by atoms with Crippen LogP contribution in [0.3, 0.4) is 0 Å². The van der Waals surface area contributed by atoms with Crippen molar-refractivity contribution in [2.75, 3.05) is 57.3 Å². The highest BCUT2D eigenvalue weighted by Crippen LogP contribution is 2.15. The quantitative estimate of drug-likeness (QED) is 0.648. The summed E-state index contributed by atoms with van der Waals surface area (Å²) in [5.74, 6) is 0.393. The first-order chi connectivity index (χ1) is 12.1. The molecule has 0 aromatic carbocycles. The first-order valence-corrected chi connectivity index (χ1v) is 8.39. The Balaban J connectivity index is 1.72. The Kier molecular flexibility index (Phi) is 5.11. The number of hydrogen-bond acceptors (Lipinski definition) is 6. The molecule has 3 amide bonds. The summed E-state index contributed by atoms with van der Waals surface area (Å²) in [5, 5.41) is 0. The third-order valence-corrected chi connectivity index (χ3v) is 4.56. The molecular weight excluding hydrogens is 324 g/mol. The number of hydrogen-bond donors (Lipinski definition) is 0. The van der Waals surface area contributed by atoms with Crippen LogP contribution in [0.1, 0.15) is 16.2 Å². The second kappa shape index (κ2) is 7.45. The van der Waals surface area contributed by atoms with E-state index in [-0.39, 0.29) is 5.91 Å². The fourth-order valence-electron chi connectivity index (χ4n) is 3.02. The van der Waals surface area contributed by atoms with Crippen LogP contribution in [-0.4, -0.2) is 95.8 Å². The van der Waals surface area contributed by atoms with Gasteiger partial charge in [-0.1, -0.05) is 0 Å². The molecule has 25 heavy (non-hydrogen) atoms. The molecule has 0 atom stereocenters. The van der Waals surface area contributed by atoms with E-state index in [0.717, 1.165) is 18.5 Å². The molecule has 1 aromatic heterocycles. The Morgan fingerprint density at radius 2 is 1.48 bits per heavy atom. The first-order valence-electron chi connectivity index (χ1n) is 8.39. The summed E-state index contributed by atoms with van der Waals surface area (Å²) in [7, 11) is 0. The second-order valence-electron chi connectivity index (χ2n) is 6.26. The van der Waals surface area contributed by atoms with Gasteiger partial charge in [0.15, 0.2) is 0 Å². The summed E-state index contributed by atoms with van der Waals surface area (Å²) in [6.45, 7) is 6.48. The third-order valence-electron chi connectivity index (χ3n) is 4.56. The van der Waals surface area contributed by atoms with Crippen molar-refractivity contribution in [2.45, 2.75) is 6.92 Å². The van der Waals surface area contributed by atoms with Crippen LogP contribution in [0, 0.1) is 6.92 Å². The summed E-state index contributed by atoms with van der Waals surface area (Å²) < 4.78 is 0. The average Bonchev–Trinajstić information content (AvgIpc) is 2.67. The lowest BCUT2D eigenvalue weighted by atomic mass is 10.2. The molecule has 134 valence electrons. The molecule has 2 aliphatic heterocycles. The lowest BCUT2D eigenvalue weighted by Gasteiger charge is -2.33. The molecule has 2 fully saturated rings. The number of aromatic nitrogens is 2. The predicted octanol–water partition coefficient (Wildman–Crippen LogP) is -1.02. The van der Waals surface area contributed by atoms with Crippen LogP contribution in [0.5, 0.6) is 0 Å². The molecule has 0 saturated carbocycles. The summed E-state index contributed by atoms with van der Waals surface area (Å²) in [5.41, 5.74) is 1.11. The molecule has 0 unspecified atom stereocenters. The Morgan fingerprint density at radius 1 is 0.920 bits per heavy atom. The van der Waals surface area contributed by atoms with Gasteiger partial charge >= 0.3 is 0 Å². The van der Waals surface area contributed by atoms with Gasteiger partial charge in [0.05, 0.1) is 0 Å². The molecule has 1 aromatic rings. The summed E-state index contributed by atoms with van der Waals surface area (Å²) in [6, 6.07) is 1.69. The first kappa shape index (κ1) is 17.1. The fraction of sp³-hybridized carbons (Fsp3) is 0.562. The standard InChI is InChI=1S/C16H22N6O3/c1-13-10-14(15(25)21-6-2-19(11-23)3-7-21)18-16(17-13)22-8-4-20(12-24)5-9-22/h10-12H,2-9H2,1H3. The van der Waals surface area contributed by atoms with E-state index in [0.29, 0.717) is 64.0 Å². The summed E-state index contributed by atoms with van der Waals surface area (Å²) >= 11 is 0. The normalized spacial score (nSPS) is 18.3. The van der Waals surface area contributed by atoms with Gasteiger partial charge in [0.1, 0.15) is 5.69 Å². The van der Waals surface area contributed by atoms with Gasteiger partial charge in [-0.25, -0.2) is 9.97 Å². The molecule has 9 nitrogen and oxygen atoms in total. The van der Waals surface area contributed by atoms with Gasteiger partial charge in [0.25, 0.3) is 5.91 Å². The minimum absolute atomic E-state index is 0.135. The summed E-state index contributed by atoms with van der Waals surface area (Å²) in [4.78, 5) is 50.3. The highest BCUT2D eigenvalue weighted by Gasteiger charge is 2.24. The van der Waals surface area contributed by atoms with Crippen LogP contribution >= 0.6 is 0 Å². The van der Waals surface area contributed by atoms with Crippen LogP contribution < -0.4 is 4.90 Å². The van der Waals surface area contributed by atoms with E-state index in [9.17, 15) is 14.4 Å².